The summed E-state index contributed by atoms with van der Waals surface area (Å²) in [6.07, 6.45) is 7.99. The maximum absolute atomic E-state index is 5.65. The van der Waals surface area contributed by atoms with Gasteiger partial charge in [0.25, 0.3) is 0 Å². The van der Waals surface area contributed by atoms with E-state index >= 15 is 0 Å². The molecule has 20 heavy (non-hydrogen) atoms. The Morgan fingerprint density at radius 3 is 2.75 bits per heavy atom. The Morgan fingerprint density at radius 2 is 2.10 bits per heavy atom. The van der Waals surface area contributed by atoms with Gasteiger partial charge in [-0.2, -0.15) is 4.98 Å². The summed E-state index contributed by atoms with van der Waals surface area (Å²) >= 11 is 0. The zero-order valence-corrected chi connectivity index (χ0v) is 13.2. The minimum absolute atomic E-state index is 0.254. The molecule has 1 aliphatic rings. The summed E-state index contributed by atoms with van der Waals surface area (Å²) < 4.78 is 5.43. The normalized spacial score (nSPS) is 23.4. The summed E-state index contributed by atoms with van der Waals surface area (Å²) in [6, 6.07) is 0. The molecule has 2 N–H and O–H groups in total. The smallest absolute Gasteiger partial charge is 0.226 e. The molecular weight excluding hydrogens is 250 g/mol. The Kier molecular flexibility index (Phi) is 5.19. The Balaban J connectivity index is 1.86. The summed E-state index contributed by atoms with van der Waals surface area (Å²) in [7, 11) is 0. The Morgan fingerprint density at radius 1 is 1.30 bits per heavy atom. The quantitative estimate of drug-likeness (QED) is 0.827. The van der Waals surface area contributed by atoms with Crippen molar-refractivity contribution in [2.45, 2.75) is 71.6 Å². The SMILES string of the molecule is CCC1CCC(c2noc(CCC(C)(C)CCN)n2)C1. The first-order valence-electron chi connectivity index (χ1n) is 8.06. The van der Waals surface area contributed by atoms with Crippen molar-refractivity contribution >= 4 is 0 Å². The van der Waals surface area contributed by atoms with Crippen LogP contribution in [-0.2, 0) is 6.42 Å². The fraction of sp³-hybridized carbons (Fsp3) is 0.875. The average molecular weight is 279 g/mol. The molecule has 0 saturated heterocycles. The number of rotatable bonds is 7. The van der Waals surface area contributed by atoms with Crippen molar-refractivity contribution in [3.63, 3.8) is 0 Å². The molecule has 2 atom stereocenters. The van der Waals surface area contributed by atoms with Gasteiger partial charge in [0, 0.05) is 12.3 Å². The lowest BCUT2D eigenvalue weighted by atomic mass is 9.84. The minimum Gasteiger partial charge on any atom is -0.339 e. The van der Waals surface area contributed by atoms with Crippen LogP contribution in [0.1, 0.15) is 76.9 Å². The number of aromatic nitrogens is 2. The highest BCUT2D eigenvalue weighted by Crippen LogP contribution is 2.38. The molecule has 1 aliphatic carbocycles. The van der Waals surface area contributed by atoms with Crippen LogP contribution in [0.3, 0.4) is 0 Å². The van der Waals surface area contributed by atoms with Crippen LogP contribution in [-0.4, -0.2) is 16.7 Å². The Bertz CT molecular complexity index is 414. The first kappa shape index (κ1) is 15.5. The van der Waals surface area contributed by atoms with Crippen LogP contribution in [0, 0.1) is 11.3 Å². The summed E-state index contributed by atoms with van der Waals surface area (Å²) in [5, 5.41) is 4.20. The van der Waals surface area contributed by atoms with Gasteiger partial charge in [-0.25, -0.2) is 0 Å². The van der Waals surface area contributed by atoms with Gasteiger partial charge in [-0.05, 0) is 50.0 Å². The average Bonchev–Trinajstić information content (AvgIpc) is 3.05. The van der Waals surface area contributed by atoms with Gasteiger partial charge in [-0.1, -0.05) is 32.3 Å². The van der Waals surface area contributed by atoms with Crippen LogP contribution in [0.2, 0.25) is 0 Å². The number of nitrogens with two attached hydrogens (primary N) is 1. The zero-order chi connectivity index (χ0) is 14.6. The third kappa shape index (κ3) is 4.05. The van der Waals surface area contributed by atoms with Crippen molar-refractivity contribution in [3.05, 3.63) is 11.7 Å². The van der Waals surface area contributed by atoms with Gasteiger partial charge in [-0.15, -0.1) is 0 Å². The molecule has 0 aromatic carbocycles. The molecule has 114 valence electrons. The van der Waals surface area contributed by atoms with E-state index < -0.39 is 0 Å². The van der Waals surface area contributed by atoms with E-state index in [0.29, 0.717) is 5.92 Å². The van der Waals surface area contributed by atoms with E-state index in [1.54, 1.807) is 0 Å². The van der Waals surface area contributed by atoms with Gasteiger partial charge in [0.2, 0.25) is 5.89 Å². The molecule has 2 rings (SSSR count). The summed E-state index contributed by atoms with van der Waals surface area (Å²) in [5.41, 5.74) is 5.90. The van der Waals surface area contributed by atoms with Crippen LogP contribution in [0.25, 0.3) is 0 Å². The third-order valence-electron chi connectivity index (χ3n) is 4.80. The van der Waals surface area contributed by atoms with E-state index in [0.717, 1.165) is 43.4 Å². The second kappa shape index (κ2) is 6.70. The number of hydrogen-bond donors (Lipinski definition) is 1. The van der Waals surface area contributed by atoms with Gasteiger partial charge in [0.05, 0.1) is 0 Å². The van der Waals surface area contributed by atoms with E-state index in [2.05, 4.69) is 30.9 Å². The molecule has 0 radical (unpaired) electrons. The molecule has 1 heterocycles. The first-order chi connectivity index (χ1) is 9.54. The van der Waals surface area contributed by atoms with Crippen molar-refractivity contribution in [3.8, 4) is 0 Å². The molecule has 0 bridgehead atoms. The highest BCUT2D eigenvalue weighted by molar-refractivity contribution is 4.99. The van der Waals surface area contributed by atoms with E-state index in [-0.39, 0.29) is 5.41 Å². The minimum atomic E-state index is 0.254. The molecule has 1 fully saturated rings. The lowest BCUT2D eigenvalue weighted by Crippen LogP contribution is -2.17. The molecular formula is C16H29N3O. The Labute approximate surface area is 122 Å². The van der Waals surface area contributed by atoms with Gasteiger partial charge < -0.3 is 10.3 Å². The standard InChI is InChI=1S/C16H29N3O/c1-4-12-5-6-13(11-12)15-18-14(20-19-15)7-8-16(2,3)9-10-17/h12-13H,4-11,17H2,1-3H3. The summed E-state index contributed by atoms with van der Waals surface area (Å²) in [4.78, 5) is 4.62. The number of aryl methyl sites for hydroxylation is 1. The maximum Gasteiger partial charge on any atom is 0.226 e. The number of nitrogens with zero attached hydrogens (tertiary/aromatic N) is 2. The molecule has 1 aromatic heterocycles. The predicted octanol–water partition coefficient (Wildman–Crippen LogP) is 3.67. The molecule has 0 spiro atoms. The molecule has 4 nitrogen and oxygen atoms in total. The number of hydrogen-bond acceptors (Lipinski definition) is 4. The highest BCUT2D eigenvalue weighted by Gasteiger charge is 2.28. The molecule has 1 saturated carbocycles. The molecule has 0 amide bonds. The van der Waals surface area contributed by atoms with Crippen molar-refractivity contribution < 1.29 is 4.52 Å². The largest absolute Gasteiger partial charge is 0.339 e. The van der Waals surface area contributed by atoms with Gasteiger partial charge >= 0.3 is 0 Å². The van der Waals surface area contributed by atoms with Gasteiger partial charge in [0.15, 0.2) is 5.82 Å². The van der Waals surface area contributed by atoms with Crippen LogP contribution >= 0.6 is 0 Å². The van der Waals surface area contributed by atoms with Gasteiger partial charge in [0.1, 0.15) is 0 Å². The lowest BCUT2D eigenvalue weighted by molar-refractivity contribution is 0.288. The van der Waals surface area contributed by atoms with Gasteiger partial charge in [-0.3, -0.25) is 0 Å². The second-order valence-corrected chi connectivity index (χ2v) is 7.03. The Hall–Kier alpha value is -0.900. The molecule has 2 unspecified atom stereocenters. The maximum atomic E-state index is 5.65. The van der Waals surface area contributed by atoms with Crippen LogP contribution in [0.15, 0.2) is 4.52 Å². The zero-order valence-electron chi connectivity index (χ0n) is 13.2. The highest BCUT2D eigenvalue weighted by atomic mass is 16.5. The van der Waals surface area contributed by atoms with Crippen molar-refractivity contribution in [1.29, 1.82) is 0 Å². The first-order valence-corrected chi connectivity index (χ1v) is 8.06. The predicted molar refractivity (Wildman–Crippen MR) is 80.4 cm³/mol. The lowest BCUT2D eigenvalue weighted by Gasteiger charge is -2.22. The van der Waals surface area contributed by atoms with E-state index in [1.807, 2.05) is 0 Å². The van der Waals surface area contributed by atoms with E-state index in [1.165, 1.54) is 25.7 Å². The van der Waals surface area contributed by atoms with Crippen LogP contribution in [0.5, 0.6) is 0 Å². The van der Waals surface area contributed by atoms with Crippen LogP contribution < -0.4 is 5.73 Å². The summed E-state index contributed by atoms with van der Waals surface area (Å²) in [6.45, 7) is 7.51. The van der Waals surface area contributed by atoms with Crippen molar-refractivity contribution in [2.24, 2.45) is 17.1 Å². The second-order valence-electron chi connectivity index (χ2n) is 7.03. The molecule has 0 aliphatic heterocycles. The molecule has 4 heteroatoms. The van der Waals surface area contributed by atoms with Crippen molar-refractivity contribution in [1.82, 2.24) is 10.1 Å². The topological polar surface area (TPSA) is 64.9 Å². The fourth-order valence-corrected chi connectivity index (χ4v) is 3.18. The summed E-state index contributed by atoms with van der Waals surface area (Å²) in [5.74, 6) is 3.11. The van der Waals surface area contributed by atoms with Crippen molar-refractivity contribution in [2.75, 3.05) is 6.54 Å². The van der Waals surface area contributed by atoms with Crippen LogP contribution in [0.4, 0.5) is 0 Å². The third-order valence-corrected chi connectivity index (χ3v) is 4.80. The molecule has 1 aromatic rings. The van der Waals surface area contributed by atoms with E-state index in [4.69, 9.17) is 10.3 Å². The monoisotopic (exact) mass is 279 g/mol. The fourth-order valence-electron chi connectivity index (χ4n) is 3.18. The van der Waals surface area contributed by atoms with E-state index in [9.17, 15) is 0 Å².